The zero-order chi connectivity index (χ0) is 15.0. The van der Waals surface area contributed by atoms with Gasteiger partial charge in [-0.05, 0) is 42.5 Å². The third kappa shape index (κ3) is 2.45. The largest absolute Gasteiger partial charge is 0.507 e. The third-order valence-electron chi connectivity index (χ3n) is 3.40. The molecule has 0 radical (unpaired) electrons. The van der Waals surface area contributed by atoms with E-state index in [9.17, 15) is 9.90 Å². The molecule has 1 amide bonds. The summed E-state index contributed by atoms with van der Waals surface area (Å²) in [6, 6.07) is 13.8. The molecular weight excluding hydrogens is 288 g/mol. The Morgan fingerprint density at radius 1 is 1.19 bits per heavy atom. The fourth-order valence-electron chi connectivity index (χ4n) is 2.29. The van der Waals surface area contributed by atoms with Gasteiger partial charge in [0.2, 0.25) is 0 Å². The summed E-state index contributed by atoms with van der Waals surface area (Å²) in [6.45, 7) is 0. The lowest BCUT2D eigenvalue weighted by Gasteiger charge is -2.06. The van der Waals surface area contributed by atoms with E-state index in [1.165, 1.54) is 0 Å². The van der Waals surface area contributed by atoms with E-state index in [1.807, 2.05) is 6.07 Å². The van der Waals surface area contributed by atoms with Crippen molar-refractivity contribution in [1.29, 1.82) is 0 Å². The Hall–Kier alpha value is -2.46. The number of carbonyl (C=O) groups excluding carboxylic acids is 1. The van der Waals surface area contributed by atoms with E-state index in [0.717, 1.165) is 5.52 Å². The summed E-state index contributed by atoms with van der Waals surface area (Å²) < 4.78 is 1.75. The molecule has 0 unspecified atom stereocenters. The Balaban J connectivity index is 1.96. The maximum Gasteiger partial charge on any atom is 0.272 e. The van der Waals surface area contributed by atoms with Crippen LogP contribution in [0.5, 0.6) is 5.75 Å². The van der Waals surface area contributed by atoms with Gasteiger partial charge in [0.25, 0.3) is 5.91 Å². The van der Waals surface area contributed by atoms with Crippen LogP contribution in [0.4, 0.5) is 5.69 Å². The summed E-state index contributed by atoms with van der Waals surface area (Å²) in [4.78, 5) is 12.4. The highest BCUT2D eigenvalue weighted by Gasteiger charge is 2.15. The van der Waals surface area contributed by atoms with Gasteiger partial charge in [-0.1, -0.05) is 17.7 Å². The summed E-state index contributed by atoms with van der Waals surface area (Å²) in [7, 11) is 1.79. The van der Waals surface area contributed by atoms with Crippen LogP contribution in [0.15, 0.2) is 48.5 Å². The van der Waals surface area contributed by atoms with Gasteiger partial charge in [0.05, 0.1) is 5.52 Å². The fourth-order valence-corrected chi connectivity index (χ4v) is 2.42. The summed E-state index contributed by atoms with van der Waals surface area (Å²) >= 11 is 5.82. The van der Waals surface area contributed by atoms with Gasteiger partial charge in [-0.2, -0.15) is 0 Å². The number of hydrogen-bond acceptors (Lipinski definition) is 2. The molecular formula is C16H13ClN2O2. The van der Waals surface area contributed by atoms with E-state index in [1.54, 1.807) is 54.1 Å². The minimum absolute atomic E-state index is 0.161. The van der Waals surface area contributed by atoms with Crippen LogP contribution in [0.2, 0.25) is 5.02 Å². The Kier molecular flexibility index (Phi) is 3.31. The van der Waals surface area contributed by atoms with Crippen LogP contribution < -0.4 is 5.32 Å². The normalized spacial score (nSPS) is 10.8. The van der Waals surface area contributed by atoms with Crippen molar-refractivity contribution in [2.45, 2.75) is 0 Å². The first-order valence-corrected chi connectivity index (χ1v) is 6.78. The van der Waals surface area contributed by atoms with Gasteiger partial charge in [-0.3, -0.25) is 4.79 Å². The van der Waals surface area contributed by atoms with E-state index in [2.05, 4.69) is 5.32 Å². The number of benzene rings is 2. The molecule has 5 heteroatoms. The Bertz CT molecular complexity index is 822. The molecule has 0 fully saturated rings. The molecule has 1 heterocycles. The number of fused-ring (bicyclic) bond motifs is 1. The lowest BCUT2D eigenvalue weighted by atomic mass is 10.2. The Labute approximate surface area is 126 Å². The Morgan fingerprint density at radius 3 is 2.57 bits per heavy atom. The zero-order valence-corrected chi connectivity index (χ0v) is 12.1. The molecule has 3 aromatic rings. The van der Waals surface area contributed by atoms with Gasteiger partial charge in [0.15, 0.2) is 0 Å². The number of nitrogens with zero attached hydrogens (tertiary/aromatic N) is 1. The SMILES string of the molecule is Cn1c(C(=O)Nc2ccc(Cl)cc2)cc2c(O)cccc21. The topological polar surface area (TPSA) is 54.3 Å². The number of carbonyl (C=O) groups is 1. The molecule has 2 N–H and O–H groups in total. The number of rotatable bonds is 2. The number of anilines is 1. The number of phenolic OH excluding ortho intramolecular Hbond substituents is 1. The molecule has 4 nitrogen and oxygen atoms in total. The smallest absolute Gasteiger partial charge is 0.272 e. The van der Waals surface area contributed by atoms with Crippen LogP contribution in [0, 0.1) is 0 Å². The fraction of sp³-hybridized carbons (Fsp3) is 0.0625. The lowest BCUT2D eigenvalue weighted by molar-refractivity contribution is 0.102. The van der Waals surface area contributed by atoms with Gasteiger partial charge in [-0.25, -0.2) is 0 Å². The average Bonchev–Trinajstić information content (AvgIpc) is 2.81. The summed E-state index contributed by atoms with van der Waals surface area (Å²) in [5.74, 6) is -0.0796. The average molecular weight is 301 g/mol. The number of hydrogen-bond donors (Lipinski definition) is 2. The number of aromatic hydroxyl groups is 1. The van der Waals surface area contributed by atoms with Gasteiger partial charge >= 0.3 is 0 Å². The summed E-state index contributed by atoms with van der Waals surface area (Å²) in [6.07, 6.45) is 0. The predicted octanol–water partition coefficient (Wildman–Crippen LogP) is 3.79. The molecule has 0 spiro atoms. The first-order chi connectivity index (χ1) is 10.1. The van der Waals surface area contributed by atoms with E-state index in [0.29, 0.717) is 21.8 Å². The molecule has 106 valence electrons. The minimum Gasteiger partial charge on any atom is -0.507 e. The number of aromatic nitrogens is 1. The van der Waals surface area contributed by atoms with Crippen molar-refractivity contribution in [1.82, 2.24) is 4.57 Å². The lowest BCUT2D eigenvalue weighted by Crippen LogP contribution is -2.15. The summed E-state index contributed by atoms with van der Waals surface area (Å²) in [5.41, 5.74) is 1.94. The van der Waals surface area contributed by atoms with E-state index < -0.39 is 0 Å². The van der Waals surface area contributed by atoms with Gasteiger partial charge in [0, 0.05) is 23.1 Å². The highest BCUT2D eigenvalue weighted by atomic mass is 35.5. The van der Waals surface area contributed by atoms with E-state index in [4.69, 9.17) is 11.6 Å². The Morgan fingerprint density at radius 2 is 1.90 bits per heavy atom. The number of phenols is 1. The van der Waals surface area contributed by atoms with Gasteiger partial charge < -0.3 is 15.0 Å². The monoisotopic (exact) mass is 300 g/mol. The molecule has 0 atom stereocenters. The molecule has 3 rings (SSSR count). The number of amides is 1. The van der Waals surface area contributed by atoms with E-state index >= 15 is 0 Å². The van der Waals surface area contributed by atoms with Crippen molar-refractivity contribution in [2.75, 3.05) is 5.32 Å². The van der Waals surface area contributed by atoms with Crippen LogP contribution in [0.3, 0.4) is 0 Å². The quantitative estimate of drug-likeness (QED) is 0.756. The molecule has 0 saturated carbocycles. The molecule has 0 aliphatic rings. The van der Waals surface area contributed by atoms with E-state index in [-0.39, 0.29) is 11.7 Å². The predicted molar refractivity (Wildman–Crippen MR) is 84.0 cm³/mol. The third-order valence-corrected chi connectivity index (χ3v) is 3.65. The maximum atomic E-state index is 12.4. The second-order valence-electron chi connectivity index (χ2n) is 4.76. The van der Waals surface area contributed by atoms with Crippen LogP contribution in [0.1, 0.15) is 10.5 Å². The number of nitrogens with one attached hydrogen (secondary N) is 1. The highest BCUT2D eigenvalue weighted by Crippen LogP contribution is 2.27. The van der Waals surface area contributed by atoms with Gasteiger partial charge in [0.1, 0.15) is 11.4 Å². The first-order valence-electron chi connectivity index (χ1n) is 6.40. The number of aryl methyl sites for hydroxylation is 1. The standard InChI is InChI=1S/C16H13ClN2O2/c1-19-13-3-2-4-15(20)12(13)9-14(19)16(21)18-11-7-5-10(17)6-8-11/h2-9,20H,1H3,(H,18,21). The van der Waals surface area contributed by atoms with Crippen molar-refractivity contribution in [2.24, 2.45) is 7.05 Å². The van der Waals surface area contributed by atoms with Crippen LogP contribution in [0.25, 0.3) is 10.9 Å². The van der Waals surface area contributed by atoms with Crippen LogP contribution in [-0.4, -0.2) is 15.6 Å². The zero-order valence-electron chi connectivity index (χ0n) is 11.3. The maximum absolute atomic E-state index is 12.4. The minimum atomic E-state index is -0.240. The van der Waals surface area contributed by atoms with Crippen LogP contribution >= 0.6 is 11.6 Å². The van der Waals surface area contributed by atoms with Gasteiger partial charge in [-0.15, -0.1) is 0 Å². The molecule has 0 aliphatic heterocycles. The first kappa shape index (κ1) is 13.5. The van der Waals surface area contributed by atoms with Crippen molar-refractivity contribution in [3.05, 3.63) is 59.2 Å². The second-order valence-corrected chi connectivity index (χ2v) is 5.20. The number of halogens is 1. The summed E-state index contributed by atoms with van der Waals surface area (Å²) in [5, 5.41) is 13.9. The van der Waals surface area contributed by atoms with Crippen molar-refractivity contribution >= 4 is 34.1 Å². The molecule has 0 saturated heterocycles. The van der Waals surface area contributed by atoms with Crippen LogP contribution in [-0.2, 0) is 7.05 Å². The molecule has 1 aromatic heterocycles. The molecule has 0 bridgehead atoms. The molecule has 21 heavy (non-hydrogen) atoms. The molecule has 0 aliphatic carbocycles. The molecule has 2 aromatic carbocycles. The van der Waals surface area contributed by atoms with Crippen molar-refractivity contribution in [3.8, 4) is 5.75 Å². The highest BCUT2D eigenvalue weighted by molar-refractivity contribution is 6.30. The van der Waals surface area contributed by atoms with Crippen molar-refractivity contribution < 1.29 is 9.90 Å². The van der Waals surface area contributed by atoms with Crippen molar-refractivity contribution in [3.63, 3.8) is 0 Å². The second kappa shape index (κ2) is 5.14.